The van der Waals surface area contributed by atoms with Gasteiger partial charge in [0, 0.05) is 30.4 Å². The summed E-state index contributed by atoms with van der Waals surface area (Å²) >= 11 is 1.60. The Morgan fingerprint density at radius 1 is 1.15 bits per heavy atom. The predicted octanol–water partition coefficient (Wildman–Crippen LogP) is 3.66. The van der Waals surface area contributed by atoms with E-state index >= 15 is 0 Å². The number of carbonyl (C=O) groups excluding carboxylic acids is 1. The normalized spacial score (nSPS) is 11.0. The van der Waals surface area contributed by atoms with E-state index in [1.807, 2.05) is 71.6 Å². The largest absolute Gasteiger partial charge is 0.339 e. The van der Waals surface area contributed by atoms with Gasteiger partial charge in [-0.15, -0.1) is 11.3 Å². The maximum absolute atomic E-state index is 12.6. The van der Waals surface area contributed by atoms with Gasteiger partial charge in [0.2, 0.25) is 5.91 Å². The molecule has 0 unspecified atom stereocenters. The Labute approximate surface area is 155 Å². The summed E-state index contributed by atoms with van der Waals surface area (Å²) in [5.74, 6) is 0.0462. The molecular formula is C20H18N4OS. The molecule has 3 heterocycles. The smallest absolute Gasteiger partial charge is 0.228 e. The quantitative estimate of drug-likeness (QED) is 0.544. The molecule has 26 heavy (non-hydrogen) atoms. The lowest BCUT2D eigenvalue weighted by molar-refractivity contribution is -0.129. The predicted molar refractivity (Wildman–Crippen MR) is 103 cm³/mol. The number of imidazole rings is 1. The van der Waals surface area contributed by atoms with Crippen molar-refractivity contribution in [2.24, 2.45) is 0 Å². The zero-order valence-electron chi connectivity index (χ0n) is 14.4. The van der Waals surface area contributed by atoms with Crippen LogP contribution < -0.4 is 0 Å². The molecule has 1 amide bonds. The van der Waals surface area contributed by atoms with Gasteiger partial charge >= 0.3 is 0 Å². The molecule has 0 atom stereocenters. The first kappa shape index (κ1) is 16.5. The molecule has 0 aliphatic rings. The third-order valence-corrected chi connectivity index (χ3v) is 5.16. The summed E-state index contributed by atoms with van der Waals surface area (Å²) < 4.78 is 1.95. The Hall–Kier alpha value is -2.99. The molecule has 3 aromatic heterocycles. The van der Waals surface area contributed by atoms with Gasteiger partial charge in [-0.3, -0.25) is 4.79 Å². The van der Waals surface area contributed by atoms with Crippen molar-refractivity contribution in [3.8, 4) is 10.6 Å². The summed E-state index contributed by atoms with van der Waals surface area (Å²) in [6.45, 7) is 0.499. The van der Waals surface area contributed by atoms with Crippen molar-refractivity contribution in [1.29, 1.82) is 0 Å². The number of likely N-dealkylation sites (N-methyl/N-ethyl adjacent to an activating group) is 1. The maximum atomic E-state index is 12.6. The Kier molecular flexibility index (Phi) is 4.50. The number of pyridine rings is 1. The summed E-state index contributed by atoms with van der Waals surface area (Å²) in [5.41, 5.74) is 3.75. The number of amides is 1. The number of hydrogen-bond donors (Lipinski definition) is 0. The van der Waals surface area contributed by atoms with Gasteiger partial charge in [-0.1, -0.05) is 36.4 Å². The first-order valence-corrected chi connectivity index (χ1v) is 9.23. The monoisotopic (exact) mass is 362 g/mol. The molecule has 130 valence electrons. The lowest BCUT2D eigenvalue weighted by Crippen LogP contribution is -2.28. The number of benzene rings is 1. The summed E-state index contributed by atoms with van der Waals surface area (Å²) in [6.07, 6.45) is 4.01. The van der Waals surface area contributed by atoms with Crippen molar-refractivity contribution in [1.82, 2.24) is 19.3 Å². The van der Waals surface area contributed by atoms with E-state index in [-0.39, 0.29) is 5.91 Å². The van der Waals surface area contributed by atoms with Gasteiger partial charge in [0.1, 0.15) is 10.7 Å². The fourth-order valence-corrected chi connectivity index (χ4v) is 3.65. The van der Waals surface area contributed by atoms with Crippen LogP contribution in [0.15, 0.2) is 66.3 Å². The Morgan fingerprint density at radius 2 is 1.96 bits per heavy atom. The number of thiazole rings is 1. The van der Waals surface area contributed by atoms with Crippen LogP contribution in [0.25, 0.3) is 16.2 Å². The number of rotatable bonds is 5. The minimum Gasteiger partial charge on any atom is -0.339 e. The topological polar surface area (TPSA) is 50.5 Å². The minimum absolute atomic E-state index is 0.0462. The molecule has 0 aliphatic heterocycles. The van der Waals surface area contributed by atoms with E-state index in [0.717, 1.165) is 27.6 Å². The van der Waals surface area contributed by atoms with Crippen LogP contribution in [0.4, 0.5) is 0 Å². The molecule has 0 bridgehead atoms. The minimum atomic E-state index is 0.0462. The van der Waals surface area contributed by atoms with E-state index in [1.54, 1.807) is 22.4 Å². The van der Waals surface area contributed by atoms with Crippen molar-refractivity contribution < 1.29 is 4.79 Å². The molecule has 0 spiro atoms. The zero-order chi connectivity index (χ0) is 17.9. The Morgan fingerprint density at radius 3 is 2.81 bits per heavy atom. The zero-order valence-corrected chi connectivity index (χ0v) is 15.2. The molecule has 0 saturated heterocycles. The molecule has 5 nitrogen and oxygen atoms in total. The number of aromatic nitrogens is 3. The maximum Gasteiger partial charge on any atom is 0.228 e. The van der Waals surface area contributed by atoms with E-state index in [9.17, 15) is 4.79 Å². The molecule has 0 N–H and O–H groups in total. The Balaban J connectivity index is 1.44. The number of carbonyl (C=O) groups is 1. The fourth-order valence-electron chi connectivity index (χ4n) is 2.83. The van der Waals surface area contributed by atoms with Gasteiger partial charge in [0.25, 0.3) is 0 Å². The van der Waals surface area contributed by atoms with Crippen LogP contribution in [0.5, 0.6) is 0 Å². The first-order valence-electron chi connectivity index (χ1n) is 8.35. The third kappa shape index (κ3) is 3.36. The molecular weight excluding hydrogens is 344 g/mol. The van der Waals surface area contributed by atoms with Crippen molar-refractivity contribution in [3.63, 3.8) is 0 Å². The standard InChI is InChI=1S/C20H18N4OS/c1-23(13-16-14-26-20(22-16)15-7-3-2-4-8-15)19(25)11-17-12-21-18-9-5-6-10-24(17)18/h2-10,12,14H,11,13H2,1H3. The van der Waals surface area contributed by atoms with E-state index in [0.29, 0.717) is 13.0 Å². The summed E-state index contributed by atoms with van der Waals surface area (Å²) in [6, 6.07) is 15.9. The van der Waals surface area contributed by atoms with Gasteiger partial charge in [-0.25, -0.2) is 9.97 Å². The van der Waals surface area contributed by atoms with Crippen LogP contribution in [-0.2, 0) is 17.8 Å². The summed E-state index contributed by atoms with van der Waals surface area (Å²) in [7, 11) is 1.81. The lowest BCUT2D eigenvalue weighted by atomic mass is 10.2. The molecule has 4 aromatic rings. The number of nitrogens with zero attached hydrogens (tertiary/aromatic N) is 4. The number of hydrogen-bond acceptors (Lipinski definition) is 4. The molecule has 0 aliphatic carbocycles. The van der Waals surface area contributed by atoms with Crippen LogP contribution in [-0.4, -0.2) is 32.2 Å². The average Bonchev–Trinajstić information content (AvgIpc) is 3.30. The highest BCUT2D eigenvalue weighted by atomic mass is 32.1. The van der Waals surface area contributed by atoms with Gasteiger partial charge in [0.15, 0.2) is 0 Å². The molecule has 0 radical (unpaired) electrons. The average molecular weight is 362 g/mol. The SMILES string of the molecule is CN(Cc1csc(-c2ccccc2)n1)C(=O)Cc1cnc2ccccn12. The molecule has 6 heteroatoms. The van der Waals surface area contributed by atoms with Crippen LogP contribution >= 0.6 is 11.3 Å². The highest BCUT2D eigenvalue weighted by Crippen LogP contribution is 2.23. The van der Waals surface area contributed by atoms with Crippen molar-refractivity contribution in [2.75, 3.05) is 7.05 Å². The van der Waals surface area contributed by atoms with E-state index in [2.05, 4.69) is 9.97 Å². The fraction of sp³-hybridized carbons (Fsp3) is 0.150. The lowest BCUT2D eigenvalue weighted by Gasteiger charge is -2.15. The summed E-state index contributed by atoms with van der Waals surface area (Å²) in [5, 5.41) is 2.99. The van der Waals surface area contributed by atoms with Gasteiger partial charge in [0.05, 0.1) is 24.4 Å². The second kappa shape index (κ2) is 7.09. The van der Waals surface area contributed by atoms with Gasteiger partial charge in [-0.2, -0.15) is 0 Å². The second-order valence-electron chi connectivity index (χ2n) is 6.11. The van der Waals surface area contributed by atoms with E-state index in [1.165, 1.54) is 0 Å². The van der Waals surface area contributed by atoms with E-state index < -0.39 is 0 Å². The van der Waals surface area contributed by atoms with Crippen LogP contribution in [0.3, 0.4) is 0 Å². The molecule has 0 saturated carbocycles. The van der Waals surface area contributed by atoms with Gasteiger partial charge in [-0.05, 0) is 12.1 Å². The van der Waals surface area contributed by atoms with Crippen LogP contribution in [0.2, 0.25) is 0 Å². The summed E-state index contributed by atoms with van der Waals surface area (Å²) in [4.78, 5) is 23.3. The first-order chi connectivity index (χ1) is 12.7. The molecule has 0 fully saturated rings. The molecule has 4 rings (SSSR count). The highest BCUT2D eigenvalue weighted by Gasteiger charge is 2.15. The third-order valence-electron chi connectivity index (χ3n) is 4.22. The Bertz CT molecular complexity index is 1040. The van der Waals surface area contributed by atoms with Crippen LogP contribution in [0, 0.1) is 0 Å². The highest BCUT2D eigenvalue weighted by molar-refractivity contribution is 7.13. The van der Waals surface area contributed by atoms with Gasteiger partial charge < -0.3 is 9.30 Å². The second-order valence-corrected chi connectivity index (χ2v) is 6.97. The van der Waals surface area contributed by atoms with Crippen molar-refractivity contribution in [3.05, 3.63) is 77.7 Å². The van der Waals surface area contributed by atoms with Crippen molar-refractivity contribution >= 4 is 22.9 Å². The van der Waals surface area contributed by atoms with E-state index in [4.69, 9.17) is 0 Å². The number of fused-ring (bicyclic) bond motifs is 1. The van der Waals surface area contributed by atoms with Crippen molar-refractivity contribution in [2.45, 2.75) is 13.0 Å². The molecule has 1 aromatic carbocycles. The van der Waals surface area contributed by atoms with Crippen LogP contribution in [0.1, 0.15) is 11.4 Å².